The van der Waals surface area contributed by atoms with Crippen LogP contribution in [0.15, 0.2) is 48.5 Å². The maximum atomic E-state index is 12.6. The van der Waals surface area contributed by atoms with Crippen LogP contribution in [0.4, 0.5) is 5.69 Å². The number of amides is 1. The van der Waals surface area contributed by atoms with Gasteiger partial charge in [0.05, 0.1) is 11.9 Å². The molecule has 2 rings (SSSR count). The van der Waals surface area contributed by atoms with Crippen LogP contribution in [-0.2, 0) is 27.7 Å². The van der Waals surface area contributed by atoms with Crippen molar-refractivity contribution < 1.29 is 13.2 Å². The molecule has 1 unspecified atom stereocenters. The van der Waals surface area contributed by atoms with Crippen LogP contribution in [0.1, 0.15) is 56.7 Å². The van der Waals surface area contributed by atoms with Gasteiger partial charge in [-0.2, -0.15) is 0 Å². The molecular weight excluding hydrogens is 396 g/mol. The lowest BCUT2D eigenvalue weighted by atomic mass is 10.0. The monoisotopic (exact) mass is 430 g/mol. The zero-order chi connectivity index (χ0) is 22.3. The van der Waals surface area contributed by atoms with Crippen LogP contribution in [0.3, 0.4) is 0 Å². The fourth-order valence-electron chi connectivity index (χ4n) is 3.41. The Hall–Kier alpha value is -2.34. The number of rotatable bonds is 10. The summed E-state index contributed by atoms with van der Waals surface area (Å²) in [6, 6.07) is 15.0. The van der Waals surface area contributed by atoms with Gasteiger partial charge in [-0.05, 0) is 60.9 Å². The maximum absolute atomic E-state index is 12.6. The number of nitrogens with one attached hydrogen (secondary N) is 1. The van der Waals surface area contributed by atoms with Gasteiger partial charge >= 0.3 is 0 Å². The molecule has 6 heteroatoms. The second-order valence-electron chi connectivity index (χ2n) is 8.05. The standard InChI is InChI=1S/C24H34N2O3S/c1-6-20-11-15-23(16-12-20)26(30(5,28)29)19(4)24(27)25-17-7-8-21-9-13-22(14-10-21)18(2)3/h9-16,18-19H,6-8,17H2,1-5H3,(H,25,27). The number of sulfonamides is 1. The number of hydrogen-bond donors (Lipinski definition) is 1. The molecular formula is C24H34N2O3S. The Kier molecular flexibility index (Phi) is 8.47. The van der Waals surface area contributed by atoms with Gasteiger partial charge in [0.15, 0.2) is 0 Å². The Balaban J connectivity index is 1.94. The van der Waals surface area contributed by atoms with Crippen molar-refractivity contribution >= 4 is 21.6 Å². The summed E-state index contributed by atoms with van der Waals surface area (Å²) in [6.45, 7) is 8.50. The molecule has 0 aliphatic carbocycles. The summed E-state index contributed by atoms with van der Waals surface area (Å²) < 4.78 is 25.9. The second-order valence-corrected chi connectivity index (χ2v) is 9.91. The van der Waals surface area contributed by atoms with Crippen molar-refractivity contribution in [3.05, 3.63) is 65.2 Å². The molecule has 0 spiro atoms. The molecule has 2 aromatic carbocycles. The summed E-state index contributed by atoms with van der Waals surface area (Å²) >= 11 is 0. The van der Waals surface area contributed by atoms with Crippen molar-refractivity contribution in [3.8, 4) is 0 Å². The van der Waals surface area contributed by atoms with Crippen molar-refractivity contribution in [2.75, 3.05) is 17.1 Å². The molecule has 0 aliphatic heterocycles. The summed E-state index contributed by atoms with van der Waals surface area (Å²) in [4.78, 5) is 12.6. The van der Waals surface area contributed by atoms with E-state index in [1.54, 1.807) is 19.1 Å². The van der Waals surface area contributed by atoms with E-state index in [9.17, 15) is 13.2 Å². The van der Waals surface area contributed by atoms with Crippen LogP contribution in [0, 0.1) is 0 Å². The topological polar surface area (TPSA) is 66.5 Å². The zero-order valence-corrected chi connectivity index (χ0v) is 19.5. The Morgan fingerprint density at radius 3 is 2.03 bits per heavy atom. The quantitative estimate of drug-likeness (QED) is 0.572. The molecule has 2 aromatic rings. The molecule has 0 heterocycles. The van der Waals surface area contributed by atoms with Crippen LogP contribution in [0.25, 0.3) is 0 Å². The first-order valence-electron chi connectivity index (χ1n) is 10.6. The highest BCUT2D eigenvalue weighted by molar-refractivity contribution is 7.92. The third-order valence-electron chi connectivity index (χ3n) is 5.28. The van der Waals surface area contributed by atoms with Gasteiger partial charge in [0.25, 0.3) is 0 Å². The molecule has 30 heavy (non-hydrogen) atoms. The van der Waals surface area contributed by atoms with Gasteiger partial charge in [-0.25, -0.2) is 8.42 Å². The van der Waals surface area contributed by atoms with E-state index in [1.165, 1.54) is 15.4 Å². The summed E-state index contributed by atoms with van der Waals surface area (Å²) in [5.41, 5.74) is 4.16. The SMILES string of the molecule is CCc1ccc(N(C(C)C(=O)NCCCc2ccc(C(C)C)cc2)S(C)(=O)=O)cc1. The van der Waals surface area contributed by atoms with E-state index in [0.717, 1.165) is 31.1 Å². The van der Waals surface area contributed by atoms with E-state index < -0.39 is 16.1 Å². The van der Waals surface area contributed by atoms with Crippen LogP contribution in [0.2, 0.25) is 0 Å². The minimum absolute atomic E-state index is 0.296. The minimum atomic E-state index is -3.59. The molecule has 0 saturated carbocycles. The number of hydrogen-bond acceptors (Lipinski definition) is 3. The van der Waals surface area contributed by atoms with Gasteiger partial charge in [0, 0.05) is 6.54 Å². The van der Waals surface area contributed by atoms with Gasteiger partial charge in [0.1, 0.15) is 6.04 Å². The lowest BCUT2D eigenvalue weighted by molar-refractivity contribution is -0.121. The first kappa shape index (κ1) is 23.9. The van der Waals surface area contributed by atoms with Crippen molar-refractivity contribution in [1.82, 2.24) is 5.32 Å². The minimum Gasteiger partial charge on any atom is -0.354 e. The van der Waals surface area contributed by atoms with Gasteiger partial charge < -0.3 is 5.32 Å². The maximum Gasteiger partial charge on any atom is 0.243 e. The van der Waals surface area contributed by atoms with E-state index in [1.807, 2.05) is 19.1 Å². The largest absolute Gasteiger partial charge is 0.354 e. The fraction of sp³-hybridized carbons (Fsp3) is 0.458. The molecule has 0 aromatic heterocycles. The molecule has 164 valence electrons. The fourth-order valence-corrected chi connectivity index (χ4v) is 4.58. The second kappa shape index (κ2) is 10.6. The average Bonchev–Trinajstić information content (AvgIpc) is 2.71. The summed E-state index contributed by atoms with van der Waals surface area (Å²) in [5.74, 6) is 0.214. The first-order valence-corrected chi connectivity index (χ1v) is 12.4. The summed E-state index contributed by atoms with van der Waals surface area (Å²) in [6.07, 6.45) is 3.66. The summed E-state index contributed by atoms with van der Waals surface area (Å²) in [5, 5.41) is 2.88. The zero-order valence-electron chi connectivity index (χ0n) is 18.7. The van der Waals surface area contributed by atoms with E-state index >= 15 is 0 Å². The van der Waals surface area contributed by atoms with Crippen LogP contribution >= 0.6 is 0 Å². The van der Waals surface area contributed by atoms with Crippen molar-refractivity contribution in [2.24, 2.45) is 0 Å². The first-order chi connectivity index (χ1) is 14.1. The number of benzene rings is 2. The normalized spacial score (nSPS) is 12.6. The lowest BCUT2D eigenvalue weighted by Crippen LogP contribution is -2.48. The highest BCUT2D eigenvalue weighted by Crippen LogP contribution is 2.22. The number of anilines is 1. The van der Waals surface area contributed by atoms with Crippen molar-refractivity contribution in [3.63, 3.8) is 0 Å². The van der Waals surface area contributed by atoms with Crippen LogP contribution < -0.4 is 9.62 Å². The molecule has 1 atom stereocenters. The highest BCUT2D eigenvalue weighted by Gasteiger charge is 2.28. The predicted molar refractivity (Wildman–Crippen MR) is 124 cm³/mol. The number of aryl methyl sites for hydroxylation is 2. The van der Waals surface area contributed by atoms with Gasteiger partial charge in [0.2, 0.25) is 15.9 Å². The molecule has 5 nitrogen and oxygen atoms in total. The number of nitrogens with zero attached hydrogens (tertiary/aromatic N) is 1. The smallest absolute Gasteiger partial charge is 0.243 e. The van der Waals surface area contributed by atoms with E-state index in [0.29, 0.717) is 18.2 Å². The lowest BCUT2D eigenvalue weighted by Gasteiger charge is -2.28. The molecule has 0 fully saturated rings. The van der Waals surface area contributed by atoms with Crippen molar-refractivity contribution in [1.29, 1.82) is 0 Å². The van der Waals surface area contributed by atoms with Gasteiger partial charge in [-0.3, -0.25) is 9.10 Å². The van der Waals surface area contributed by atoms with Crippen LogP contribution in [-0.4, -0.2) is 33.2 Å². The van der Waals surface area contributed by atoms with Gasteiger partial charge in [-0.15, -0.1) is 0 Å². The third kappa shape index (κ3) is 6.59. The molecule has 0 aliphatic rings. The molecule has 0 saturated heterocycles. The average molecular weight is 431 g/mol. The van der Waals surface area contributed by atoms with Crippen LogP contribution in [0.5, 0.6) is 0 Å². The Morgan fingerprint density at radius 1 is 0.967 bits per heavy atom. The Bertz CT molecular complexity index is 920. The predicted octanol–water partition coefficient (Wildman–Crippen LogP) is 4.28. The summed E-state index contributed by atoms with van der Waals surface area (Å²) in [7, 11) is -3.59. The number of carbonyl (C=O) groups is 1. The number of carbonyl (C=O) groups excluding carboxylic acids is 1. The Morgan fingerprint density at radius 2 is 1.53 bits per heavy atom. The Labute approximate surface area is 181 Å². The third-order valence-corrected chi connectivity index (χ3v) is 6.52. The molecule has 1 N–H and O–H groups in total. The van der Waals surface area contributed by atoms with E-state index in [2.05, 4.69) is 43.4 Å². The van der Waals surface area contributed by atoms with E-state index in [4.69, 9.17) is 0 Å². The molecule has 1 amide bonds. The van der Waals surface area contributed by atoms with E-state index in [-0.39, 0.29) is 5.91 Å². The highest BCUT2D eigenvalue weighted by atomic mass is 32.2. The molecule has 0 radical (unpaired) electrons. The van der Waals surface area contributed by atoms with Gasteiger partial charge in [-0.1, -0.05) is 57.2 Å². The van der Waals surface area contributed by atoms with Crippen molar-refractivity contribution in [2.45, 2.75) is 58.9 Å². The molecule has 0 bridgehead atoms.